The Hall–Kier alpha value is -0.130. The second kappa shape index (κ2) is 38.2. The number of rotatable bonds is 34. The van der Waals surface area contributed by atoms with Gasteiger partial charge in [-0.1, -0.05) is 168 Å². The molecule has 0 saturated carbocycles. The van der Waals surface area contributed by atoms with Gasteiger partial charge in [-0.25, -0.2) is 0 Å². The molecule has 0 aliphatic carbocycles. The van der Waals surface area contributed by atoms with Gasteiger partial charge in [0.2, 0.25) is 0 Å². The fraction of sp³-hybridized carbons (Fsp3) is 1.00. The molecule has 0 fully saturated rings. The topological polar surface area (TPSA) is 167 Å². The van der Waals surface area contributed by atoms with Gasteiger partial charge in [-0.05, 0) is 12.8 Å². The monoisotopic (exact) mass is 756 g/mol. The molecule has 312 valence electrons. The maximum absolute atomic E-state index is 10.1. The summed E-state index contributed by atoms with van der Waals surface area (Å²) in [5, 5.41) is 38.2. The SMILES string of the molecule is CCCCCCCCCCCCCCC(O)C[N+](C)(C)CCO.CCCCCCCCCCCCCCC(O)C[N+](C)(C)CCO.O=P([O-])([O-])[O-]. The molecule has 0 aliphatic heterocycles. The number of likely N-dealkylation sites (N-methyl/N-ethyl adjacent to an activating group) is 2. The molecule has 0 radical (unpaired) electrons. The zero-order valence-corrected chi connectivity index (χ0v) is 35.4. The third-order valence-corrected chi connectivity index (χ3v) is 9.60. The van der Waals surface area contributed by atoms with Crippen molar-refractivity contribution in [2.75, 3.05) is 67.6 Å². The molecule has 0 bridgehead atoms. The lowest BCUT2D eigenvalue weighted by molar-refractivity contribution is -0.893. The van der Waals surface area contributed by atoms with E-state index in [1.807, 2.05) is 0 Å². The maximum atomic E-state index is 10.1. The number of hydrogen-bond acceptors (Lipinski definition) is 8. The second-order valence-corrected chi connectivity index (χ2v) is 17.1. The summed E-state index contributed by atoms with van der Waals surface area (Å²) in [6, 6.07) is 0. The molecule has 0 aliphatic rings. The Morgan fingerprint density at radius 3 is 0.843 bits per heavy atom. The van der Waals surface area contributed by atoms with Crippen LogP contribution in [0.3, 0.4) is 0 Å². The van der Waals surface area contributed by atoms with Crippen molar-refractivity contribution in [1.29, 1.82) is 0 Å². The summed E-state index contributed by atoms with van der Waals surface area (Å²) in [5.41, 5.74) is 0. The van der Waals surface area contributed by atoms with Crippen LogP contribution in [0.25, 0.3) is 0 Å². The lowest BCUT2D eigenvalue weighted by Gasteiger charge is -2.36. The van der Waals surface area contributed by atoms with Gasteiger partial charge in [0.15, 0.2) is 0 Å². The molecule has 0 aromatic heterocycles. The van der Waals surface area contributed by atoms with E-state index in [2.05, 4.69) is 42.0 Å². The molecule has 0 aromatic rings. The number of phosphoric acid groups is 1. The van der Waals surface area contributed by atoms with E-state index in [-0.39, 0.29) is 25.4 Å². The molecule has 2 unspecified atom stereocenters. The van der Waals surface area contributed by atoms with Crippen molar-refractivity contribution in [3.8, 4) is 0 Å². The first-order valence-corrected chi connectivity index (χ1v) is 22.4. The Morgan fingerprint density at radius 1 is 0.451 bits per heavy atom. The lowest BCUT2D eigenvalue weighted by atomic mass is 10.0. The number of quaternary nitrogens is 2. The molecule has 0 heterocycles. The lowest BCUT2D eigenvalue weighted by Crippen LogP contribution is -2.47. The molecule has 2 atom stereocenters. The predicted octanol–water partition coefficient (Wildman–Crippen LogP) is 6.19. The Kier molecular flexibility index (Phi) is 41.3. The van der Waals surface area contributed by atoms with E-state index in [4.69, 9.17) is 29.5 Å². The Labute approximate surface area is 316 Å². The summed E-state index contributed by atoms with van der Waals surface area (Å²) in [6.07, 6.45) is 33.9. The van der Waals surface area contributed by atoms with E-state index in [0.717, 1.165) is 51.9 Å². The Morgan fingerprint density at radius 2 is 0.647 bits per heavy atom. The number of aliphatic hydroxyl groups excluding tert-OH is 4. The number of nitrogens with zero attached hydrogens (tertiary/aromatic N) is 2. The van der Waals surface area contributed by atoms with Gasteiger partial charge in [-0.3, -0.25) is 0 Å². The summed E-state index contributed by atoms with van der Waals surface area (Å²) < 4.78 is 9.96. The van der Waals surface area contributed by atoms with Crippen LogP contribution in [0.2, 0.25) is 0 Å². The molecule has 10 nitrogen and oxygen atoms in total. The molecule has 0 saturated heterocycles. The smallest absolute Gasteiger partial charge is 0.105 e. The Bertz CT molecular complexity index is 681. The highest BCUT2D eigenvalue weighted by molar-refractivity contribution is 7.40. The van der Waals surface area contributed by atoms with Crippen molar-refractivity contribution >= 4 is 7.82 Å². The molecular formula is C40H88N2O8P-. The van der Waals surface area contributed by atoms with E-state index in [1.165, 1.54) is 141 Å². The van der Waals surface area contributed by atoms with Gasteiger partial charge in [-0.2, -0.15) is 7.82 Å². The summed E-state index contributed by atoms with van der Waals surface area (Å²) in [7, 11) is 2.90. The maximum Gasteiger partial charge on any atom is 0.105 e. The van der Waals surface area contributed by atoms with E-state index < -0.39 is 7.82 Å². The minimum absolute atomic E-state index is 0.193. The molecule has 11 heteroatoms. The molecule has 0 rings (SSSR count). The number of unbranched alkanes of at least 4 members (excludes halogenated alkanes) is 22. The van der Waals surface area contributed by atoms with E-state index in [1.54, 1.807) is 0 Å². The standard InChI is InChI=1S/2C20H44NO2.H3O4P/c2*1-4-5-6-7-8-9-10-11-12-13-14-15-16-20(23)19-21(2,3)17-18-22;1-5(2,3)4/h2*20,22-23H,4-19H2,1-3H3;(H3,1,2,3,4)/q2*+1;/p-3. The zero-order chi connectivity index (χ0) is 39.3. The third kappa shape index (κ3) is 54.3. The zero-order valence-electron chi connectivity index (χ0n) is 34.5. The van der Waals surface area contributed by atoms with Crippen molar-refractivity contribution in [1.82, 2.24) is 0 Å². The van der Waals surface area contributed by atoms with Crippen LogP contribution in [0, 0.1) is 0 Å². The molecule has 0 aromatic carbocycles. The van der Waals surface area contributed by atoms with E-state index in [0.29, 0.717) is 8.97 Å². The highest BCUT2D eigenvalue weighted by Gasteiger charge is 2.20. The van der Waals surface area contributed by atoms with Gasteiger partial charge < -0.3 is 48.6 Å². The summed E-state index contributed by atoms with van der Waals surface area (Å²) in [5.74, 6) is 0. The average Bonchev–Trinajstić information content (AvgIpc) is 3.01. The third-order valence-electron chi connectivity index (χ3n) is 9.60. The van der Waals surface area contributed by atoms with Gasteiger partial charge in [0.25, 0.3) is 0 Å². The first kappa shape index (κ1) is 55.2. The first-order valence-electron chi connectivity index (χ1n) is 21.0. The summed E-state index contributed by atoms with van der Waals surface area (Å²) in [4.78, 5) is 25.6. The Balaban J connectivity index is -0.000000796. The summed E-state index contributed by atoms with van der Waals surface area (Å²) in [6.45, 7) is 7.86. The van der Waals surface area contributed by atoms with Gasteiger partial charge in [0, 0.05) is 0 Å². The van der Waals surface area contributed by atoms with Crippen molar-refractivity contribution in [2.24, 2.45) is 0 Å². The largest absolute Gasteiger partial charge is 0.822 e. The van der Waals surface area contributed by atoms with Crippen molar-refractivity contribution < 1.29 is 48.6 Å². The number of aliphatic hydroxyl groups is 4. The van der Waals surface area contributed by atoms with Crippen LogP contribution >= 0.6 is 7.82 Å². The van der Waals surface area contributed by atoms with Crippen LogP contribution in [0.4, 0.5) is 0 Å². The second-order valence-electron chi connectivity index (χ2n) is 16.2. The molecular weight excluding hydrogens is 667 g/mol. The number of hydrogen-bond donors (Lipinski definition) is 4. The molecule has 4 N–H and O–H groups in total. The van der Waals surface area contributed by atoms with E-state index >= 15 is 0 Å². The van der Waals surface area contributed by atoms with Gasteiger partial charge >= 0.3 is 0 Å². The first-order chi connectivity index (χ1) is 24.0. The minimum Gasteiger partial charge on any atom is -0.822 e. The van der Waals surface area contributed by atoms with Crippen LogP contribution in [-0.2, 0) is 4.57 Å². The van der Waals surface area contributed by atoms with Gasteiger partial charge in [-0.15, -0.1) is 0 Å². The van der Waals surface area contributed by atoms with E-state index in [9.17, 15) is 10.2 Å². The van der Waals surface area contributed by atoms with Crippen molar-refractivity contribution in [2.45, 2.75) is 193 Å². The normalized spacial score (nSPS) is 13.3. The van der Waals surface area contributed by atoms with Gasteiger partial charge in [0.1, 0.15) is 38.4 Å². The fourth-order valence-corrected chi connectivity index (χ4v) is 6.49. The van der Waals surface area contributed by atoms with Crippen LogP contribution in [0.5, 0.6) is 0 Å². The summed E-state index contributed by atoms with van der Waals surface area (Å²) >= 11 is 0. The van der Waals surface area contributed by atoms with Crippen LogP contribution in [0.1, 0.15) is 181 Å². The molecule has 51 heavy (non-hydrogen) atoms. The quantitative estimate of drug-likeness (QED) is 0.0343. The molecule has 0 spiro atoms. The van der Waals surface area contributed by atoms with Gasteiger partial charge in [0.05, 0.1) is 41.4 Å². The minimum atomic E-state index is -5.39. The molecule has 0 amide bonds. The van der Waals surface area contributed by atoms with Crippen LogP contribution in [0.15, 0.2) is 0 Å². The fourth-order valence-electron chi connectivity index (χ4n) is 6.49. The van der Waals surface area contributed by atoms with Crippen molar-refractivity contribution in [3.63, 3.8) is 0 Å². The average molecular weight is 756 g/mol. The highest BCUT2D eigenvalue weighted by Crippen LogP contribution is 2.15. The predicted molar refractivity (Wildman–Crippen MR) is 209 cm³/mol. The van der Waals surface area contributed by atoms with Crippen LogP contribution < -0.4 is 14.7 Å². The van der Waals surface area contributed by atoms with Crippen molar-refractivity contribution in [3.05, 3.63) is 0 Å². The highest BCUT2D eigenvalue weighted by atomic mass is 31.2. The van der Waals surface area contributed by atoms with Crippen LogP contribution in [-0.4, -0.2) is 109 Å².